The average molecular weight is 288 g/mol. The van der Waals surface area contributed by atoms with E-state index >= 15 is 0 Å². The first kappa shape index (κ1) is 16.4. The van der Waals surface area contributed by atoms with Gasteiger partial charge < -0.3 is 14.9 Å². The van der Waals surface area contributed by atoms with Gasteiger partial charge in [-0.3, -0.25) is 0 Å². The fraction of sp³-hybridized carbons (Fsp3) is 0.125. The van der Waals surface area contributed by atoms with Gasteiger partial charge in [0.1, 0.15) is 0 Å². The van der Waals surface area contributed by atoms with Crippen molar-refractivity contribution < 1.29 is 24.5 Å². The highest BCUT2D eigenvalue weighted by molar-refractivity contribution is 5.89. The minimum atomic E-state index is -0.950. The monoisotopic (exact) mass is 288 g/mol. The standard InChI is InChI=1S/C8H8O3.C8H8O2/c9-5-6-1-3-7(4-2-6)8(10)11;1-10-8(9)7-5-3-2-4-6-7/h1-4,9H,5H2,(H,10,11);2-6H,1H3. The minimum Gasteiger partial charge on any atom is -0.478 e. The fourth-order valence-electron chi connectivity index (χ4n) is 1.44. The molecule has 5 nitrogen and oxygen atoms in total. The van der Waals surface area contributed by atoms with Crippen molar-refractivity contribution in [1.82, 2.24) is 0 Å². The highest BCUT2D eigenvalue weighted by atomic mass is 16.5. The van der Waals surface area contributed by atoms with Crippen LogP contribution in [-0.2, 0) is 11.3 Å². The summed E-state index contributed by atoms with van der Waals surface area (Å²) in [6, 6.07) is 15.0. The normalized spacial score (nSPS) is 9.24. The maximum atomic E-state index is 10.8. The number of carboxylic acids is 1. The summed E-state index contributed by atoms with van der Waals surface area (Å²) in [6.45, 7) is -0.0557. The van der Waals surface area contributed by atoms with Crippen LogP contribution in [0.4, 0.5) is 0 Å². The molecule has 0 unspecified atom stereocenters. The summed E-state index contributed by atoms with van der Waals surface area (Å²) in [5.74, 6) is -1.24. The number of ether oxygens (including phenoxy) is 1. The van der Waals surface area contributed by atoms with E-state index in [2.05, 4.69) is 4.74 Å². The summed E-state index contributed by atoms with van der Waals surface area (Å²) in [5, 5.41) is 17.1. The number of hydrogen-bond donors (Lipinski definition) is 2. The Balaban J connectivity index is 0.000000211. The molecule has 0 saturated carbocycles. The van der Waals surface area contributed by atoms with Gasteiger partial charge in [-0.1, -0.05) is 30.3 Å². The van der Waals surface area contributed by atoms with Crippen molar-refractivity contribution in [3.63, 3.8) is 0 Å². The number of carbonyl (C=O) groups is 2. The number of methoxy groups -OCH3 is 1. The Kier molecular flexibility index (Phi) is 6.63. The topological polar surface area (TPSA) is 83.8 Å². The fourth-order valence-corrected chi connectivity index (χ4v) is 1.44. The molecule has 0 heterocycles. The number of aromatic carboxylic acids is 1. The number of benzene rings is 2. The molecule has 0 aliphatic rings. The summed E-state index contributed by atoms with van der Waals surface area (Å²) >= 11 is 0. The van der Waals surface area contributed by atoms with E-state index in [0.717, 1.165) is 5.56 Å². The van der Waals surface area contributed by atoms with Gasteiger partial charge in [0.05, 0.1) is 24.8 Å². The second-order valence-electron chi connectivity index (χ2n) is 4.02. The Labute approximate surface area is 122 Å². The first-order valence-electron chi connectivity index (χ1n) is 6.15. The van der Waals surface area contributed by atoms with Crippen LogP contribution >= 0.6 is 0 Å². The minimum absolute atomic E-state index is 0.0557. The molecular formula is C16H16O5. The molecular weight excluding hydrogens is 272 g/mol. The van der Waals surface area contributed by atoms with Crippen LogP contribution in [0.25, 0.3) is 0 Å². The van der Waals surface area contributed by atoms with Gasteiger partial charge in [0, 0.05) is 0 Å². The molecule has 0 atom stereocenters. The van der Waals surface area contributed by atoms with Crippen LogP contribution in [0.3, 0.4) is 0 Å². The lowest BCUT2D eigenvalue weighted by atomic mass is 10.1. The van der Waals surface area contributed by atoms with Crippen LogP contribution in [0, 0.1) is 0 Å². The highest BCUT2D eigenvalue weighted by Crippen LogP contribution is 2.03. The third-order valence-electron chi connectivity index (χ3n) is 2.58. The zero-order chi connectivity index (χ0) is 15.7. The van der Waals surface area contributed by atoms with Gasteiger partial charge in [-0.15, -0.1) is 0 Å². The average Bonchev–Trinajstić information content (AvgIpc) is 2.55. The van der Waals surface area contributed by atoms with Crippen LogP contribution in [0.15, 0.2) is 54.6 Å². The molecule has 0 fully saturated rings. The molecule has 0 saturated heterocycles. The third kappa shape index (κ3) is 5.46. The van der Waals surface area contributed by atoms with Crippen LogP contribution in [0.1, 0.15) is 26.3 Å². The largest absolute Gasteiger partial charge is 0.478 e. The maximum Gasteiger partial charge on any atom is 0.337 e. The zero-order valence-electron chi connectivity index (χ0n) is 11.5. The van der Waals surface area contributed by atoms with E-state index in [-0.39, 0.29) is 18.1 Å². The summed E-state index contributed by atoms with van der Waals surface area (Å²) in [4.78, 5) is 21.1. The van der Waals surface area contributed by atoms with Gasteiger partial charge >= 0.3 is 11.9 Å². The predicted octanol–water partition coefficient (Wildman–Crippen LogP) is 2.35. The lowest BCUT2D eigenvalue weighted by molar-refractivity contribution is 0.0599. The second-order valence-corrected chi connectivity index (χ2v) is 4.02. The molecule has 0 spiro atoms. The number of aliphatic hydroxyl groups excluding tert-OH is 1. The van der Waals surface area contributed by atoms with E-state index in [1.165, 1.54) is 19.2 Å². The van der Waals surface area contributed by atoms with Crippen molar-refractivity contribution in [1.29, 1.82) is 0 Å². The third-order valence-corrected chi connectivity index (χ3v) is 2.58. The van der Waals surface area contributed by atoms with Gasteiger partial charge in [-0.2, -0.15) is 0 Å². The molecule has 0 aliphatic carbocycles. The van der Waals surface area contributed by atoms with Crippen molar-refractivity contribution in [2.75, 3.05) is 7.11 Å². The van der Waals surface area contributed by atoms with Crippen molar-refractivity contribution in [2.45, 2.75) is 6.61 Å². The molecule has 2 N–H and O–H groups in total. The molecule has 0 radical (unpaired) electrons. The van der Waals surface area contributed by atoms with Crippen LogP contribution in [0.2, 0.25) is 0 Å². The zero-order valence-corrected chi connectivity index (χ0v) is 11.5. The molecule has 2 aromatic carbocycles. The van der Waals surface area contributed by atoms with E-state index in [1.807, 2.05) is 6.07 Å². The molecule has 21 heavy (non-hydrogen) atoms. The Hall–Kier alpha value is -2.66. The molecule has 2 aromatic rings. The number of hydrogen-bond acceptors (Lipinski definition) is 4. The Morgan fingerprint density at radius 1 is 0.952 bits per heavy atom. The van der Waals surface area contributed by atoms with Crippen LogP contribution in [-0.4, -0.2) is 29.3 Å². The predicted molar refractivity (Wildman–Crippen MR) is 77.1 cm³/mol. The van der Waals surface area contributed by atoms with E-state index in [4.69, 9.17) is 10.2 Å². The van der Waals surface area contributed by atoms with Crippen molar-refractivity contribution in [2.24, 2.45) is 0 Å². The Morgan fingerprint density at radius 3 is 1.95 bits per heavy atom. The number of rotatable bonds is 3. The van der Waals surface area contributed by atoms with Crippen molar-refractivity contribution >= 4 is 11.9 Å². The summed E-state index contributed by atoms with van der Waals surface area (Å²) in [6.07, 6.45) is 0. The van der Waals surface area contributed by atoms with Crippen molar-refractivity contribution in [3.8, 4) is 0 Å². The lowest BCUT2D eigenvalue weighted by Gasteiger charge is -1.95. The maximum absolute atomic E-state index is 10.8. The summed E-state index contributed by atoms with van der Waals surface area (Å²) in [5.41, 5.74) is 1.54. The number of carbonyl (C=O) groups excluding carboxylic acids is 1. The van der Waals surface area contributed by atoms with E-state index in [1.54, 1.807) is 36.4 Å². The van der Waals surface area contributed by atoms with Crippen LogP contribution < -0.4 is 0 Å². The second kappa shape index (κ2) is 8.50. The van der Waals surface area contributed by atoms with Crippen LogP contribution in [0.5, 0.6) is 0 Å². The lowest BCUT2D eigenvalue weighted by Crippen LogP contribution is -1.99. The molecule has 110 valence electrons. The number of aliphatic hydroxyl groups is 1. The highest BCUT2D eigenvalue weighted by Gasteiger charge is 2.01. The van der Waals surface area contributed by atoms with Gasteiger partial charge in [-0.25, -0.2) is 9.59 Å². The van der Waals surface area contributed by atoms with Gasteiger partial charge in [0.15, 0.2) is 0 Å². The van der Waals surface area contributed by atoms with Gasteiger partial charge in [0.25, 0.3) is 0 Å². The molecule has 0 bridgehead atoms. The number of carboxylic acid groups (broad SMARTS) is 1. The molecule has 2 rings (SSSR count). The smallest absolute Gasteiger partial charge is 0.337 e. The van der Waals surface area contributed by atoms with Crippen molar-refractivity contribution in [3.05, 3.63) is 71.3 Å². The quantitative estimate of drug-likeness (QED) is 0.847. The SMILES string of the molecule is COC(=O)c1ccccc1.O=C(O)c1ccc(CO)cc1. The van der Waals surface area contributed by atoms with E-state index in [0.29, 0.717) is 5.56 Å². The van der Waals surface area contributed by atoms with E-state index < -0.39 is 5.97 Å². The first-order valence-corrected chi connectivity index (χ1v) is 6.15. The molecule has 0 aromatic heterocycles. The number of esters is 1. The first-order chi connectivity index (χ1) is 10.1. The molecule has 5 heteroatoms. The Bertz CT molecular complexity index is 575. The Morgan fingerprint density at radius 2 is 1.52 bits per heavy atom. The molecule has 0 aliphatic heterocycles. The molecule has 0 amide bonds. The summed E-state index contributed by atoms with van der Waals surface area (Å²) < 4.78 is 4.50. The summed E-state index contributed by atoms with van der Waals surface area (Å²) in [7, 11) is 1.37. The van der Waals surface area contributed by atoms with Gasteiger partial charge in [-0.05, 0) is 29.8 Å². The van der Waals surface area contributed by atoms with Gasteiger partial charge in [0.2, 0.25) is 0 Å². The van der Waals surface area contributed by atoms with E-state index in [9.17, 15) is 9.59 Å².